The van der Waals surface area contributed by atoms with Crippen molar-refractivity contribution in [3.8, 4) is 0 Å². The first-order valence-corrected chi connectivity index (χ1v) is 6.27. The number of carboxylic acids is 1. The fraction of sp³-hybridized carbons (Fsp3) is 0.833. The van der Waals surface area contributed by atoms with Crippen molar-refractivity contribution in [3.63, 3.8) is 0 Å². The Bertz CT molecular complexity index is 405. The molecular weight excluding hydrogens is 238 g/mol. The molecular formula is C12H17NO5. The van der Waals surface area contributed by atoms with Gasteiger partial charge in [0.1, 0.15) is 12.2 Å². The van der Waals surface area contributed by atoms with Crippen molar-refractivity contribution in [3.05, 3.63) is 0 Å². The van der Waals surface area contributed by atoms with E-state index < -0.39 is 17.7 Å². The van der Waals surface area contributed by atoms with Crippen molar-refractivity contribution < 1.29 is 24.2 Å². The molecule has 0 aromatic carbocycles. The summed E-state index contributed by atoms with van der Waals surface area (Å²) >= 11 is 0. The van der Waals surface area contributed by atoms with Gasteiger partial charge in [0, 0.05) is 6.42 Å². The summed E-state index contributed by atoms with van der Waals surface area (Å²) in [6.07, 6.45) is 0.179. The van der Waals surface area contributed by atoms with Crippen LogP contribution in [0.1, 0.15) is 26.7 Å². The number of aliphatic carboxylic acids is 1. The summed E-state index contributed by atoms with van der Waals surface area (Å²) in [6, 6.07) is -0.379. The maximum atomic E-state index is 11.9. The Balaban J connectivity index is 1.90. The molecule has 3 aliphatic heterocycles. The van der Waals surface area contributed by atoms with Crippen LogP contribution in [-0.2, 0) is 19.1 Å². The van der Waals surface area contributed by atoms with Crippen LogP contribution in [0.3, 0.4) is 0 Å². The van der Waals surface area contributed by atoms with Crippen LogP contribution in [0.2, 0.25) is 0 Å². The van der Waals surface area contributed by atoms with Crippen molar-refractivity contribution in [1.82, 2.24) is 4.90 Å². The summed E-state index contributed by atoms with van der Waals surface area (Å²) in [7, 11) is 0. The summed E-state index contributed by atoms with van der Waals surface area (Å²) in [5.74, 6) is -2.08. The summed E-state index contributed by atoms with van der Waals surface area (Å²) in [5, 5.41) is 9.29. The van der Waals surface area contributed by atoms with E-state index in [0.717, 1.165) is 0 Å². The fourth-order valence-electron chi connectivity index (χ4n) is 3.36. The lowest BCUT2D eigenvalue weighted by atomic mass is 9.87. The summed E-state index contributed by atoms with van der Waals surface area (Å²) in [6.45, 7) is 4.08. The zero-order valence-electron chi connectivity index (χ0n) is 10.5. The quantitative estimate of drug-likeness (QED) is 0.725. The van der Waals surface area contributed by atoms with Gasteiger partial charge in [-0.05, 0) is 20.3 Å². The number of nitrogens with zero attached hydrogens (tertiary/aromatic N) is 1. The molecule has 0 radical (unpaired) electrons. The molecule has 0 saturated carbocycles. The third kappa shape index (κ3) is 1.63. The Kier molecular flexibility index (Phi) is 2.44. The Morgan fingerprint density at radius 1 is 1.44 bits per heavy atom. The van der Waals surface area contributed by atoms with E-state index >= 15 is 0 Å². The number of rotatable bonds is 1. The maximum Gasteiger partial charge on any atom is 0.308 e. The number of carboxylic acid groups (broad SMARTS) is 1. The van der Waals surface area contributed by atoms with Crippen LogP contribution in [0, 0.1) is 5.92 Å². The topological polar surface area (TPSA) is 76.1 Å². The van der Waals surface area contributed by atoms with E-state index in [0.29, 0.717) is 19.4 Å². The second-order valence-electron chi connectivity index (χ2n) is 5.66. The highest BCUT2D eigenvalue weighted by molar-refractivity contribution is 5.82. The second-order valence-corrected chi connectivity index (χ2v) is 5.66. The van der Waals surface area contributed by atoms with Crippen LogP contribution < -0.4 is 0 Å². The van der Waals surface area contributed by atoms with Gasteiger partial charge in [-0.1, -0.05) is 0 Å². The molecule has 3 heterocycles. The average molecular weight is 255 g/mol. The van der Waals surface area contributed by atoms with Crippen LogP contribution in [0.5, 0.6) is 0 Å². The Morgan fingerprint density at radius 2 is 2.17 bits per heavy atom. The second kappa shape index (κ2) is 3.68. The van der Waals surface area contributed by atoms with Crippen LogP contribution in [0.4, 0.5) is 0 Å². The highest BCUT2D eigenvalue weighted by Crippen LogP contribution is 2.42. The van der Waals surface area contributed by atoms with E-state index in [4.69, 9.17) is 9.47 Å². The normalized spacial score (nSPS) is 41.7. The number of hydrogen-bond acceptors (Lipinski definition) is 4. The van der Waals surface area contributed by atoms with Crippen molar-refractivity contribution in [2.24, 2.45) is 5.92 Å². The molecule has 1 N–H and O–H groups in total. The minimum absolute atomic E-state index is 0.0110. The standard InChI is InChI=1S/C12H17NO5/c1-12(2)17-7-5-13-8(14)4-3-6(11(15)16)9(13)10(7)18-12/h6-7,9-10H,3-5H2,1-2H3,(H,15,16)/t6-,7+,9+,10+/m0/s1. The number of amides is 1. The molecule has 0 aliphatic carbocycles. The number of piperidine rings is 1. The van der Waals surface area contributed by atoms with E-state index in [1.807, 2.05) is 13.8 Å². The van der Waals surface area contributed by atoms with Gasteiger partial charge in [0.15, 0.2) is 5.79 Å². The lowest BCUT2D eigenvalue weighted by Crippen LogP contribution is -2.52. The number of fused-ring (bicyclic) bond motifs is 3. The van der Waals surface area contributed by atoms with Gasteiger partial charge in [0.05, 0.1) is 18.5 Å². The molecule has 100 valence electrons. The zero-order chi connectivity index (χ0) is 13.1. The predicted octanol–water partition coefficient (Wildman–Crippen LogP) is 0.212. The molecule has 1 amide bonds. The van der Waals surface area contributed by atoms with Crippen LogP contribution in [-0.4, -0.2) is 52.5 Å². The first kappa shape index (κ1) is 11.9. The van der Waals surface area contributed by atoms with E-state index in [2.05, 4.69) is 0 Å². The van der Waals surface area contributed by atoms with E-state index in [1.54, 1.807) is 4.90 Å². The monoisotopic (exact) mass is 255 g/mol. The molecule has 0 unspecified atom stereocenters. The average Bonchev–Trinajstić information content (AvgIpc) is 2.71. The summed E-state index contributed by atoms with van der Waals surface area (Å²) in [4.78, 5) is 24.8. The highest BCUT2D eigenvalue weighted by Gasteiger charge is 2.58. The molecule has 0 bridgehead atoms. The molecule has 3 fully saturated rings. The molecule has 0 aromatic heterocycles. The molecule has 18 heavy (non-hydrogen) atoms. The minimum Gasteiger partial charge on any atom is -0.481 e. The third-order valence-corrected chi connectivity index (χ3v) is 4.01. The summed E-state index contributed by atoms with van der Waals surface area (Å²) in [5.41, 5.74) is 0. The number of carbonyl (C=O) groups is 2. The van der Waals surface area contributed by atoms with E-state index in [-0.39, 0.29) is 24.2 Å². The molecule has 3 rings (SSSR count). The third-order valence-electron chi connectivity index (χ3n) is 4.01. The van der Waals surface area contributed by atoms with Crippen molar-refractivity contribution >= 4 is 11.9 Å². The molecule has 3 aliphatic rings. The SMILES string of the molecule is CC1(C)O[C@H]2[C@H]3[C@@H](C(=O)O)CCC(=O)N3C[C@H]2O1. The first-order valence-electron chi connectivity index (χ1n) is 6.27. The smallest absolute Gasteiger partial charge is 0.308 e. The van der Waals surface area contributed by atoms with E-state index in [9.17, 15) is 14.7 Å². The molecule has 0 spiro atoms. The van der Waals surface area contributed by atoms with Gasteiger partial charge in [0.2, 0.25) is 5.91 Å². The van der Waals surface area contributed by atoms with Gasteiger partial charge in [0.25, 0.3) is 0 Å². The van der Waals surface area contributed by atoms with Crippen LogP contribution in [0.15, 0.2) is 0 Å². The van der Waals surface area contributed by atoms with Crippen LogP contribution in [0.25, 0.3) is 0 Å². The largest absolute Gasteiger partial charge is 0.481 e. The van der Waals surface area contributed by atoms with Gasteiger partial charge in [-0.15, -0.1) is 0 Å². The maximum absolute atomic E-state index is 11.9. The highest BCUT2D eigenvalue weighted by atomic mass is 16.8. The number of carbonyl (C=O) groups excluding carboxylic acids is 1. The molecule has 6 nitrogen and oxygen atoms in total. The first-order chi connectivity index (χ1) is 8.39. The van der Waals surface area contributed by atoms with Gasteiger partial charge >= 0.3 is 5.97 Å². The predicted molar refractivity (Wildman–Crippen MR) is 59.7 cm³/mol. The minimum atomic E-state index is -0.855. The summed E-state index contributed by atoms with van der Waals surface area (Å²) < 4.78 is 11.5. The molecule has 3 saturated heterocycles. The molecule has 0 aromatic rings. The van der Waals surface area contributed by atoms with Gasteiger partial charge in [-0.25, -0.2) is 0 Å². The van der Waals surface area contributed by atoms with Gasteiger partial charge in [-0.3, -0.25) is 9.59 Å². The van der Waals surface area contributed by atoms with Gasteiger partial charge < -0.3 is 19.5 Å². The lowest BCUT2D eigenvalue weighted by Gasteiger charge is -2.37. The number of ether oxygens (including phenoxy) is 2. The fourth-order valence-corrected chi connectivity index (χ4v) is 3.36. The lowest BCUT2D eigenvalue weighted by molar-refractivity contribution is -0.177. The Morgan fingerprint density at radius 3 is 2.83 bits per heavy atom. The van der Waals surface area contributed by atoms with Crippen molar-refractivity contribution in [1.29, 1.82) is 0 Å². The Hall–Kier alpha value is -1.14. The van der Waals surface area contributed by atoms with Crippen molar-refractivity contribution in [2.75, 3.05) is 6.54 Å². The zero-order valence-corrected chi connectivity index (χ0v) is 10.5. The van der Waals surface area contributed by atoms with E-state index in [1.165, 1.54) is 0 Å². The Labute approximate surface area is 105 Å². The molecule has 6 heteroatoms. The molecule has 4 atom stereocenters. The number of hydrogen-bond donors (Lipinski definition) is 1. The van der Waals surface area contributed by atoms with Crippen molar-refractivity contribution in [2.45, 2.75) is 50.7 Å². The van der Waals surface area contributed by atoms with Gasteiger partial charge in [-0.2, -0.15) is 0 Å². The van der Waals surface area contributed by atoms with Crippen LogP contribution >= 0.6 is 0 Å².